The van der Waals surface area contributed by atoms with Gasteiger partial charge in [-0.25, -0.2) is 4.79 Å². The molecule has 1 N–H and O–H groups in total. The Morgan fingerprint density at radius 3 is 2.43 bits per heavy atom. The lowest BCUT2D eigenvalue weighted by Crippen LogP contribution is -2.18. The summed E-state index contributed by atoms with van der Waals surface area (Å²) in [5, 5.41) is 2.85. The molecule has 0 aliphatic heterocycles. The number of halogens is 1. The summed E-state index contributed by atoms with van der Waals surface area (Å²) >= 11 is 0. The molecule has 5 nitrogen and oxygen atoms in total. The largest absolute Gasteiger partial charge is 0.508 e. The van der Waals surface area contributed by atoms with Gasteiger partial charge in [0.1, 0.15) is 6.61 Å². The molecule has 14 heavy (non-hydrogen) atoms. The van der Waals surface area contributed by atoms with E-state index in [1.54, 1.807) is 14.2 Å². The second-order valence-corrected chi connectivity index (χ2v) is 2.40. The van der Waals surface area contributed by atoms with Crippen molar-refractivity contribution in [2.24, 2.45) is 0 Å². The Kier molecular flexibility index (Phi) is 14.2. The second-order valence-electron chi connectivity index (χ2n) is 2.40. The predicted octanol–water partition coefficient (Wildman–Crippen LogP) is 0.817. The normalized spacial score (nSPS) is 9.00. The smallest absolute Gasteiger partial charge is 0.434 e. The first kappa shape index (κ1) is 15.9. The Balaban J connectivity index is 0. The summed E-state index contributed by atoms with van der Waals surface area (Å²) in [5.41, 5.74) is 0. The predicted molar refractivity (Wildman–Crippen MR) is 55.0 cm³/mol. The molecular weight excluding hydrogens is 210 g/mol. The molecule has 0 aromatic rings. The molecule has 0 bridgehead atoms. The van der Waals surface area contributed by atoms with Crippen molar-refractivity contribution in [2.45, 2.75) is 6.42 Å². The average molecular weight is 228 g/mol. The third-order valence-corrected chi connectivity index (χ3v) is 1.28. The lowest BCUT2D eigenvalue weighted by Gasteiger charge is -2.05. The van der Waals surface area contributed by atoms with Crippen molar-refractivity contribution in [1.82, 2.24) is 5.32 Å². The van der Waals surface area contributed by atoms with Crippen LogP contribution in [0.2, 0.25) is 0 Å². The van der Waals surface area contributed by atoms with E-state index in [0.717, 1.165) is 0 Å². The van der Waals surface area contributed by atoms with Crippen LogP contribution in [0.1, 0.15) is 6.42 Å². The monoisotopic (exact) mass is 227 g/mol. The van der Waals surface area contributed by atoms with Gasteiger partial charge >= 0.3 is 6.16 Å². The average Bonchev–Trinajstić information content (AvgIpc) is 2.13. The lowest BCUT2D eigenvalue weighted by atomic mass is 10.5. The Hall–Kier alpha value is -0.520. The third-order valence-electron chi connectivity index (χ3n) is 1.28. The summed E-state index contributed by atoms with van der Waals surface area (Å²) in [5.74, 6) is 0. The van der Waals surface area contributed by atoms with Crippen LogP contribution in [0.15, 0.2) is 0 Å². The molecule has 0 saturated carbocycles. The van der Waals surface area contributed by atoms with Crippen molar-refractivity contribution in [3.05, 3.63) is 0 Å². The molecule has 0 aliphatic carbocycles. The number of methoxy groups -OCH3 is 1. The standard InChI is InChI=1S/C8H17NO4.ClH/c1-9-4-7-13-8(10)12-6-3-5-11-2;/h9H,3-7H2,1-2H3;1H. The van der Waals surface area contributed by atoms with Crippen molar-refractivity contribution in [1.29, 1.82) is 0 Å². The summed E-state index contributed by atoms with van der Waals surface area (Å²) < 4.78 is 14.2. The summed E-state index contributed by atoms with van der Waals surface area (Å²) in [6.45, 7) is 1.89. The molecule has 0 atom stereocenters. The van der Waals surface area contributed by atoms with Crippen LogP contribution in [-0.2, 0) is 14.2 Å². The van der Waals surface area contributed by atoms with Crippen molar-refractivity contribution in [3.8, 4) is 0 Å². The van der Waals surface area contributed by atoms with E-state index in [-0.39, 0.29) is 12.4 Å². The van der Waals surface area contributed by atoms with Crippen molar-refractivity contribution < 1.29 is 19.0 Å². The van der Waals surface area contributed by atoms with Crippen LogP contribution in [0.4, 0.5) is 4.79 Å². The van der Waals surface area contributed by atoms with E-state index >= 15 is 0 Å². The molecule has 0 rings (SSSR count). The molecule has 6 heteroatoms. The number of carbonyl (C=O) groups is 1. The first-order chi connectivity index (χ1) is 6.31. The molecule has 86 valence electrons. The van der Waals surface area contributed by atoms with E-state index in [4.69, 9.17) is 14.2 Å². The Bertz CT molecular complexity index is 135. The van der Waals surface area contributed by atoms with E-state index in [0.29, 0.717) is 32.8 Å². The van der Waals surface area contributed by atoms with Crippen LogP contribution in [0.5, 0.6) is 0 Å². The zero-order valence-electron chi connectivity index (χ0n) is 8.58. The van der Waals surface area contributed by atoms with Gasteiger partial charge < -0.3 is 19.5 Å². The molecule has 0 amide bonds. The van der Waals surface area contributed by atoms with Crippen molar-refractivity contribution >= 4 is 18.6 Å². The number of hydrogen-bond donors (Lipinski definition) is 1. The third kappa shape index (κ3) is 11.5. The number of likely N-dealkylation sites (N-methyl/N-ethyl adjacent to an activating group) is 1. The van der Waals surface area contributed by atoms with Gasteiger partial charge in [0, 0.05) is 26.7 Å². The molecule has 0 heterocycles. The second kappa shape index (κ2) is 12.5. The van der Waals surface area contributed by atoms with Crippen LogP contribution >= 0.6 is 12.4 Å². The van der Waals surface area contributed by atoms with Gasteiger partial charge in [0.05, 0.1) is 6.61 Å². The molecule has 0 spiro atoms. The minimum atomic E-state index is -0.619. The number of carbonyl (C=O) groups excluding carboxylic acids is 1. The fourth-order valence-electron chi connectivity index (χ4n) is 0.637. The Morgan fingerprint density at radius 1 is 1.21 bits per heavy atom. The summed E-state index contributed by atoms with van der Waals surface area (Å²) in [7, 11) is 3.39. The zero-order chi connectivity index (χ0) is 9.94. The maximum atomic E-state index is 10.8. The van der Waals surface area contributed by atoms with Crippen LogP contribution in [0.25, 0.3) is 0 Å². The molecule has 0 aliphatic rings. The van der Waals surface area contributed by atoms with Crippen LogP contribution in [-0.4, -0.2) is 46.7 Å². The fraction of sp³-hybridized carbons (Fsp3) is 0.875. The van der Waals surface area contributed by atoms with Crippen LogP contribution < -0.4 is 5.32 Å². The summed E-state index contributed by atoms with van der Waals surface area (Å²) in [4.78, 5) is 10.8. The van der Waals surface area contributed by atoms with Crippen molar-refractivity contribution in [2.75, 3.05) is 40.5 Å². The topological polar surface area (TPSA) is 56.8 Å². The van der Waals surface area contributed by atoms with Gasteiger partial charge in [0.25, 0.3) is 0 Å². The highest BCUT2D eigenvalue weighted by Crippen LogP contribution is 1.88. The number of nitrogens with one attached hydrogen (secondary N) is 1. The molecular formula is C8H18ClNO4. The van der Waals surface area contributed by atoms with Gasteiger partial charge in [-0.1, -0.05) is 0 Å². The van der Waals surface area contributed by atoms with E-state index in [2.05, 4.69) is 5.32 Å². The Labute approximate surface area is 90.5 Å². The first-order valence-corrected chi connectivity index (χ1v) is 4.24. The van der Waals surface area contributed by atoms with E-state index in [9.17, 15) is 4.79 Å². The minimum absolute atomic E-state index is 0. The fourth-order valence-corrected chi connectivity index (χ4v) is 0.637. The molecule has 0 fully saturated rings. The van der Waals surface area contributed by atoms with Gasteiger partial charge in [-0.15, -0.1) is 12.4 Å². The number of ether oxygens (including phenoxy) is 3. The zero-order valence-corrected chi connectivity index (χ0v) is 9.39. The SMILES string of the molecule is CNCCOC(=O)OCCCOC.Cl. The van der Waals surface area contributed by atoms with Gasteiger partial charge in [-0.05, 0) is 7.05 Å². The van der Waals surface area contributed by atoms with Gasteiger partial charge in [-0.2, -0.15) is 0 Å². The van der Waals surface area contributed by atoms with Crippen LogP contribution in [0.3, 0.4) is 0 Å². The molecule has 0 aromatic carbocycles. The number of hydrogen-bond acceptors (Lipinski definition) is 5. The highest BCUT2D eigenvalue weighted by molar-refractivity contribution is 5.85. The quantitative estimate of drug-likeness (QED) is 0.516. The lowest BCUT2D eigenvalue weighted by molar-refractivity contribution is 0.0499. The summed E-state index contributed by atoms with van der Waals surface area (Å²) in [6, 6.07) is 0. The highest BCUT2D eigenvalue weighted by atomic mass is 35.5. The van der Waals surface area contributed by atoms with Gasteiger partial charge in [-0.3, -0.25) is 0 Å². The van der Waals surface area contributed by atoms with E-state index < -0.39 is 6.16 Å². The number of rotatable bonds is 7. The summed E-state index contributed by atoms with van der Waals surface area (Å²) in [6.07, 6.45) is 0.0730. The Morgan fingerprint density at radius 2 is 1.86 bits per heavy atom. The molecule has 0 aromatic heterocycles. The molecule has 0 radical (unpaired) electrons. The minimum Gasteiger partial charge on any atom is -0.434 e. The molecule has 0 saturated heterocycles. The first-order valence-electron chi connectivity index (χ1n) is 4.24. The maximum Gasteiger partial charge on any atom is 0.508 e. The van der Waals surface area contributed by atoms with E-state index in [1.165, 1.54) is 0 Å². The molecule has 0 unspecified atom stereocenters. The van der Waals surface area contributed by atoms with E-state index in [1.807, 2.05) is 0 Å². The van der Waals surface area contributed by atoms with Crippen LogP contribution in [0, 0.1) is 0 Å². The highest BCUT2D eigenvalue weighted by Gasteiger charge is 2.01. The van der Waals surface area contributed by atoms with Gasteiger partial charge in [0.15, 0.2) is 0 Å². The maximum absolute atomic E-state index is 10.8. The van der Waals surface area contributed by atoms with Crippen molar-refractivity contribution in [3.63, 3.8) is 0 Å². The van der Waals surface area contributed by atoms with Gasteiger partial charge in [0.2, 0.25) is 0 Å².